The maximum atomic E-state index is 11.7. The molecule has 0 aliphatic heterocycles. The van der Waals surface area contributed by atoms with E-state index in [1.165, 1.54) is 11.3 Å². The van der Waals surface area contributed by atoms with Crippen molar-refractivity contribution in [3.8, 4) is 0 Å². The van der Waals surface area contributed by atoms with Crippen LogP contribution in [0.5, 0.6) is 0 Å². The van der Waals surface area contributed by atoms with Crippen molar-refractivity contribution in [1.82, 2.24) is 10.3 Å². The molecule has 19 heavy (non-hydrogen) atoms. The second-order valence-corrected chi connectivity index (χ2v) is 7.11. The van der Waals surface area contributed by atoms with Gasteiger partial charge in [0.15, 0.2) is 5.13 Å². The molecular formula is C11H14BrN3O3S. The highest BCUT2D eigenvalue weighted by Gasteiger charge is 2.39. The summed E-state index contributed by atoms with van der Waals surface area (Å²) in [4.78, 5) is 26.5. The Morgan fingerprint density at radius 2 is 2.26 bits per heavy atom. The van der Waals surface area contributed by atoms with Gasteiger partial charge in [-0.1, -0.05) is 17.8 Å². The molecule has 0 bridgehead atoms. The summed E-state index contributed by atoms with van der Waals surface area (Å²) in [7, 11) is 0. The zero-order chi connectivity index (χ0) is 13.9. The van der Waals surface area contributed by atoms with Gasteiger partial charge in [0.2, 0.25) is 0 Å². The van der Waals surface area contributed by atoms with E-state index in [4.69, 9.17) is 5.11 Å². The van der Waals surface area contributed by atoms with Gasteiger partial charge in [-0.15, -0.1) is 0 Å². The Kier molecular flexibility index (Phi) is 4.41. The van der Waals surface area contributed by atoms with Gasteiger partial charge in [0.25, 0.3) is 0 Å². The van der Waals surface area contributed by atoms with E-state index < -0.39 is 5.97 Å². The molecule has 2 amide bonds. The van der Waals surface area contributed by atoms with E-state index >= 15 is 0 Å². The first kappa shape index (κ1) is 14.3. The molecule has 1 aromatic rings. The molecule has 2 rings (SSSR count). The Bertz CT molecular complexity index is 487. The number of carbonyl (C=O) groups excluding carboxylic acids is 1. The van der Waals surface area contributed by atoms with Crippen molar-refractivity contribution in [2.24, 2.45) is 5.41 Å². The third-order valence-electron chi connectivity index (χ3n) is 3.26. The minimum absolute atomic E-state index is 0.107. The number of halogens is 1. The largest absolute Gasteiger partial charge is 0.481 e. The fraction of sp³-hybridized carbons (Fsp3) is 0.545. The van der Waals surface area contributed by atoms with Crippen LogP contribution in [0.25, 0.3) is 0 Å². The summed E-state index contributed by atoms with van der Waals surface area (Å²) < 4.78 is 0.837. The maximum Gasteiger partial charge on any atom is 0.321 e. The number of rotatable bonds is 5. The standard InChI is InChI=1S/C11H14BrN3O3S/c12-7-5-13-10(19-7)15-9(18)14-6-11(2-1-3-11)4-8(16)17/h5H,1-4,6H2,(H,16,17)(H2,13,14,15,18). The number of hydrogen-bond acceptors (Lipinski definition) is 4. The third kappa shape index (κ3) is 3.90. The van der Waals surface area contributed by atoms with E-state index in [0.717, 1.165) is 23.0 Å². The van der Waals surface area contributed by atoms with Gasteiger partial charge in [0.1, 0.15) is 0 Å². The number of urea groups is 1. The zero-order valence-corrected chi connectivity index (χ0v) is 12.5. The lowest BCUT2D eigenvalue weighted by Crippen LogP contribution is -2.44. The fourth-order valence-electron chi connectivity index (χ4n) is 2.13. The number of carboxylic acids is 1. The van der Waals surface area contributed by atoms with Crippen LogP contribution < -0.4 is 10.6 Å². The van der Waals surface area contributed by atoms with Gasteiger partial charge in [-0.2, -0.15) is 0 Å². The van der Waals surface area contributed by atoms with Crippen LogP contribution in [-0.2, 0) is 4.79 Å². The summed E-state index contributed by atoms with van der Waals surface area (Å²) in [6.07, 6.45) is 4.44. The molecule has 1 fully saturated rings. The molecule has 0 spiro atoms. The Balaban J connectivity index is 1.81. The topological polar surface area (TPSA) is 91.3 Å². The number of nitrogens with one attached hydrogen (secondary N) is 2. The van der Waals surface area contributed by atoms with Crippen LogP contribution in [0.1, 0.15) is 25.7 Å². The highest BCUT2D eigenvalue weighted by molar-refractivity contribution is 9.11. The molecule has 1 saturated carbocycles. The molecule has 1 aliphatic carbocycles. The van der Waals surface area contributed by atoms with Gasteiger partial charge < -0.3 is 10.4 Å². The predicted molar refractivity (Wildman–Crippen MR) is 75.4 cm³/mol. The molecule has 1 heterocycles. The second-order valence-electron chi connectivity index (χ2n) is 4.70. The lowest BCUT2D eigenvalue weighted by atomic mass is 9.66. The highest BCUT2D eigenvalue weighted by atomic mass is 79.9. The Morgan fingerprint density at radius 1 is 1.53 bits per heavy atom. The second kappa shape index (κ2) is 5.87. The number of thiazole rings is 1. The number of carbonyl (C=O) groups is 2. The third-order valence-corrected chi connectivity index (χ3v) is 4.65. The number of amides is 2. The summed E-state index contributed by atoms with van der Waals surface area (Å²) in [5.41, 5.74) is -0.271. The van der Waals surface area contributed by atoms with E-state index in [1.54, 1.807) is 6.20 Å². The lowest BCUT2D eigenvalue weighted by molar-refractivity contribution is -0.141. The van der Waals surface area contributed by atoms with Crippen molar-refractivity contribution < 1.29 is 14.7 Å². The number of anilines is 1. The molecule has 1 aliphatic rings. The Hall–Kier alpha value is -1.15. The number of hydrogen-bond donors (Lipinski definition) is 3. The van der Waals surface area contributed by atoms with Crippen LogP contribution >= 0.6 is 27.3 Å². The van der Waals surface area contributed by atoms with Gasteiger partial charge in [0.05, 0.1) is 16.4 Å². The van der Waals surface area contributed by atoms with Gasteiger partial charge in [0, 0.05) is 6.54 Å². The first-order chi connectivity index (χ1) is 8.99. The summed E-state index contributed by atoms with van der Waals surface area (Å²) in [6, 6.07) is -0.349. The molecule has 0 atom stereocenters. The van der Waals surface area contributed by atoms with Gasteiger partial charge in [-0.3, -0.25) is 10.1 Å². The normalized spacial score (nSPS) is 16.5. The number of nitrogens with zero attached hydrogens (tertiary/aromatic N) is 1. The molecule has 0 radical (unpaired) electrons. The maximum absolute atomic E-state index is 11.7. The first-order valence-corrected chi connectivity index (χ1v) is 7.48. The average molecular weight is 348 g/mol. The minimum atomic E-state index is -0.814. The van der Waals surface area contributed by atoms with Crippen molar-refractivity contribution in [3.05, 3.63) is 9.98 Å². The molecule has 0 aromatic carbocycles. The van der Waals surface area contributed by atoms with Crippen LogP contribution in [0.15, 0.2) is 9.98 Å². The number of aromatic nitrogens is 1. The van der Waals surface area contributed by atoms with E-state index in [-0.39, 0.29) is 17.9 Å². The van der Waals surface area contributed by atoms with Gasteiger partial charge in [-0.25, -0.2) is 9.78 Å². The van der Waals surface area contributed by atoms with Crippen molar-refractivity contribution in [2.75, 3.05) is 11.9 Å². The predicted octanol–water partition coefficient (Wildman–Crippen LogP) is 2.67. The lowest BCUT2D eigenvalue weighted by Gasteiger charge is -2.40. The van der Waals surface area contributed by atoms with Crippen LogP contribution in [0.4, 0.5) is 9.93 Å². The minimum Gasteiger partial charge on any atom is -0.481 e. The summed E-state index contributed by atoms with van der Waals surface area (Å²) in [5.74, 6) is -0.814. The summed E-state index contributed by atoms with van der Waals surface area (Å²) in [5, 5.41) is 14.7. The number of aliphatic carboxylic acids is 1. The van der Waals surface area contributed by atoms with Crippen LogP contribution in [0.3, 0.4) is 0 Å². The van der Waals surface area contributed by atoms with Crippen LogP contribution in [0, 0.1) is 5.41 Å². The molecule has 0 unspecified atom stereocenters. The fourth-order valence-corrected chi connectivity index (χ4v) is 3.24. The van der Waals surface area contributed by atoms with Crippen molar-refractivity contribution in [3.63, 3.8) is 0 Å². The Morgan fingerprint density at radius 3 is 2.74 bits per heavy atom. The van der Waals surface area contributed by atoms with E-state index in [9.17, 15) is 9.59 Å². The first-order valence-electron chi connectivity index (χ1n) is 5.87. The molecule has 1 aromatic heterocycles. The van der Waals surface area contributed by atoms with Crippen LogP contribution in [0.2, 0.25) is 0 Å². The number of carboxylic acid groups (broad SMARTS) is 1. The molecule has 3 N–H and O–H groups in total. The Labute approximate surface area is 122 Å². The highest BCUT2D eigenvalue weighted by Crippen LogP contribution is 2.43. The molecule has 8 heteroatoms. The molecule has 0 saturated heterocycles. The molecular weight excluding hydrogens is 334 g/mol. The van der Waals surface area contributed by atoms with Crippen molar-refractivity contribution in [1.29, 1.82) is 0 Å². The van der Waals surface area contributed by atoms with Crippen LogP contribution in [-0.4, -0.2) is 28.6 Å². The van der Waals surface area contributed by atoms with E-state index in [1.807, 2.05) is 0 Å². The molecule has 6 nitrogen and oxygen atoms in total. The SMILES string of the molecule is O=C(O)CC1(CNC(=O)Nc2ncc(Br)s2)CCC1. The zero-order valence-electron chi connectivity index (χ0n) is 10.1. The molecule has 104 valence electrons. The quantitative estimate of drug-likeness (QED) is 0.763. The average Bonchev–Trinajstić information content (AvgIpc) is 2.67. The summed E-state index contributed by atoms with van der Waals surface area (Å²) in [6.45, 7) is 0.387. The summed E-state index contributed by atoms with van der Waals surface area (Å²) >= 11 is 4.58. The van der Waals surface area contributed by atoms with Crippen molar-refractivity contribution >= 4 is 44.4 Å². The van der Waals surface area contributed by atoms with Crippen molar-refractivity contribution in [2.45, 2.75) is 25.7 Å². The smallest absolute Gasteiger partial charge is 0.321 e. The van der Waals surface area contributed by atoms with E-state index in [0.29, 0.717) is 11.7 Å². The van der Waals surface area contributed by atoms with Gasteiger partial charge >= 0.3 is 12.0 Å². The van der Waals surface area contributed by atoms with Gasteiger partial charge in [-0.05, 0) is 34.2 Å². The van der Waals surface area contributed by atoms with E-state index in [2.05, 4.69) is 31.5 Å². The monoisotopic (exact) mass is 347 g/mol.